The van der Waals surface area contributed by atoms with E-state index in [0.717, 1.165) is 0 Å². The van der Waals surface area contributed by atoms with Crippen LogP contribution >= 0.6 is 0 Å². The van der Waals surface area contributed by atoms with Crippen molar-refractivity contribution in [1.82, 2.24) is 0 Å². The zero-order valence-corrected chi connectivity index (χ0v) is 15.6. The predicted octanol–water partition coefficient (Wildman–Crippen LogP) is -4.06. The Labute approximate surface area is 156 Å². The van der Waals surface area contributed by atoms with Gasteiger partial charge in [-0.1, -0.05) is 0 Å². The van der Waals surface area contributed by atoms with Crippen molar-refractivity contribution < 1.29 is 77.7 Å². The standard InChI is InChI=1S/C12H10O4S.2Na/c13-9-1-5-11(6-2-9)17(15,16)12-7-3-10(14)4-8-12;;/h1-8,13-14H;;/q;2*+1. The van der Waals surface area contributed by atoms with Crippen LogP contribution in [0.25, 0.3) is 0 Å². The fourth-order valence-electron chi connectivity index (χ4n) is 1.39. The van der Waals surface area contributed by atoms with Crippen LogP contribution in [0.4, 0.5) is 0 Å². The van der Waals surface area contributed by atoms with Crippen LogP contribution in [0.5, 0.6) is 11.5 Å². The van der Waals surface area contributed by atoms with Crippen molar-refractivity contribution in [3.8, 4) is 11.5 Å². The van der Waals surface area contributed by atoms with E-state index >= 15 is 0 Å². The minimum absolute atomic E-state index is 0. The van der Waals surface area contributed by atoms with E-state index in [0.29, 0.717) is 0 Å². The molecule has 0 atom stereocenters. The molecule has 19 heavy (non-hydrogen) atoms. The van der Waals surface area contributed by atoms with E-state index in [4.69, 9.17) is 10.2 Å². The predicted molar refractivity (Wildman–Crippen MR) is 61.7 cm³/mol. The van der Waals surface area contributed by atoms with E-state index in [-0.39, 0.29) is 80.4 Å². The number of phenols is 2. The van der Waals surface area contributed by atoms with Crippen LogP contribution in [-0.4, -0.2) is 18.6 Å². The SMILES string of the molecule is O=S(=O)(c1ccc(O)cc1)c1ccc(O)cc1.[Na+].[Na+]. The molecule has 0 aliphatic heterocycles. The Morgan fingerprint density at radius 3 is 1.16 bits per heavy atom. The molecular formula is C12H10Na2O4S+2. The fourth-order valence-corrected chi connectivity index (χ4v) is 2.65. The van der Waals surface area contributed by atoms with Crippen molar-refractivity contribution in [1.29, 1.82) is 0 Å². The summed E-state index contributed by atoms with van der Waals surface area (Å²) in [5, 5.41) is 18.2. The minimum atomic E-state index is -3.59. The third-order valence-electron chi connectivity index (χ3n) is 2.29. The average Bonchev–Trinajstić information content (AvgIpc) is 2.30. The van der Waals surface area contributed by atoms with Gasteiger partial charge in [0.15, 0.2) is 0 Å². The molecule has 2 aromatic rings. The van der Waals surface area contributed by atoms with Crippen LogP contribution in [0.15, 0.2) is 58.3 Å². The number of benzene rings is 2. The molecule has 0 saturated heterocycles. The van der Waals surface area contributed by atoms with E-state index in [1.807, 2.05) is 0 Å². The summed E-state index contributed by atoms with van der Waals surface area (Å²) in [5.41, 5.74) is 0. The summed E-state index contributed by atoms with van der Waals surface area (Å²) in [5.74, 6) is 0.0179. The van der Waals surface area contributed by atoms with Crippen LogP contribution in [0.2, 0.25) is 0 Å². The molecule has 2 N–H and O–H groups in total. The third kappa shape index (κ3) is 4.49. The molecule has 0 aliphatic carbocycles. The van der Waals surface area contributed by atoms with Crippen LogP contribution in [0.1, 0.15) is 0 Å². The summed E-state index contributed by atoms with van der Waals surface area (Å²) < 4.78 is 24.2. The van der Waals surface area contributed by atoms with Crippen LogP contribution < -0.4 is 59.1 Å². The van der Waals surface area contributed by atoms with Crippen LogP contribution in [-0.2, 0) is 9.84 Å². The fraction of sp³-hybridized carbons (Fsp3) is 0. The molecule has 0 saturated carbocycles. The van der Waals surface area contributed by atoms with Crippen molar-refractivity contribution in [2.75, 3.05) is 0 Å². The van der Waals surface area contributed by atoms with E-state index < -0.39 is 9.84 Å². The van der Waals surface area contributed by atoms with Crippen LogP contribution in [0, 0.1) is 0 Å². The van der Waals surface area contributed by atoms with Gasteiger partial charge in [0.25, 0.3) is 0 Å². The van der Waals surface area contributed by atoms with Gasteiger partial charge in [0.05, 0.1) is 9.79 Å². The van der Waals surface area contributed by atoms with Gasteiger partial charge in [0.2, 0.25) is 9.84 Å². The molecule has 0 radical (unpaired) electrons. The first-order valence-electron chi connectivity index (χ1n) is 4.83. The summed E-state index contributed by atoms with van der Waals surface area (Å²) >= 11 is 0. The molecule has 0 amide bonds. The Bertz CT molecular complexity index is 570. The normalized spacial score (nSPS) is 10.1. The first-order valence-corrected chi connectivity index (χ1v) is 6.31. The Morgan fingerprint density at radius 1 is 0.632 bits per heavy atom. The maximum atomic E-state index is 12.1. The monoisotopic (exact) mass is 296 g/mol. The number of sulfone groups is 1. The van der Waals surface area contributed by atoms with Crippen molar-refractivity contribution in [2.45, 2.75) is 9.79 Å². The zero-order chi connectivity index (χ0) is 12.5. The average molecular weight is 296 g/mol. The molecule has 0 spiro atoms. The van der Waals surface area contributed by atoms with E-state index in [9.17, 15) is 8.42 Å². The molecule has 2 aromatic carbocycles. The van der Waals surface area contributed by atoms with E-state index in [1.54, 1.807) is 0 Å². The number of rotatable bonds is 2. The molecule has 0 aliphatic rings. The smallest absolute Gasteiger partial charge is 0.508 e. The quantitative estimate of drug-likeness (QED) is 0.553. The molecule has 4 nitrogen and oxygen atoms in total. The molecule has 2 rings (SSSR count). The van der Waals surface area contributed by atoms with Gasteiger partial charge in [-0.3, -0.25) is 0 Å². The molecule has 0 unspecified atom stereocenters. The van der Waals surface area contributed by atoms with Gasteiger partial charge in [0, 0.05) is 0 Å². The number of aromatic hydroxyl groups is 2. The third-order valence-corrected chi connectivity index (χ3v) is 4.08. The number of phenolic OH excluding ortho intramolecular Hbond substituents is 2. The summed E-state index contributed by atoms with van der Waals surface area (Å²) in [7, 11) is -3.59. The molecule has 7 heteroatoms. The summed E-state index contributed by atoms with van der Waals surface area (Å²) in [6, 6.07) is 10.6. The van der Waals surface area contributed by atoms with Gasteiger partial charge < -0.3 is 10.2 Å². The molecule has 0 fully saturated rings. The number of hydrogen-bond donors (Lipinski definition) is 2. The molecular weight excluding hydrogens is 286 g/mol. The van der Waals surface area contributed by atoms with Crippen LogP contribution in [0.3, 0.4) is 0 Å². The minimum Gasteiger partial charge on any atom is -0.508 e. The second-order valence-corrected chi connectivity index (χ2v) is 5.44. The topological polar surface area (TPSA) is 74.6 Å². The summed E-state index contributed by atoms with van der Waals surface area (Å²) in [4.78, 5) is 0.196. The Balaban J connectivity index is 0.00000162. The second-order valence-electron chi connectivity index (χ2n) is 3.49. The van der Waals surface area contributed by atoms with Gasteiger partial charge in [-0.05, 0) is 48.5 Å². The Kier molecular flexibility index (Phi) is 7.68. The first-order chi connectivity index (χ1) is 8.00. The van der Waals surface area contributed by atoms with E-state index in [2.05, 4.69) is 0 Å². The van der Waals surface area contributed by atoms with Crippen molar-refractivity contribution in [3.63, 3.8) is 0 Å². The maximum absolute atomic E-state index is 12.1. The van der Waals surface area contributed by atoms with Gasteiger partial charge in [-0.15, -0.1) is 0 Å². The largest absolute Gasteiger partial charge is 1.00 e. The Hall–Kier alpha value is -0.01000. The summed E-state index contributed by atoms with van der Waals surface area (Å²) in [6.45, 7) is 0. The second kappa shape index (κ2) is 7.69. The number of hydrogen-bond acceptors (Lipinski definition) is 4. The van der Waals surface area contributed by atoms with Gasteiger partial charge in [-0.2, -0.15) is 0 Å². The van der Waals surface area contributed by atoms with Crippen molar-refractivity contribution >= 4 is 9.84 Å². The van der Waals surface area contributed by atoms with E-state index in [1.165, 1.54) is 48.5 Å². The van der Waals surface area contributed by atoms with Gasteiger partial charge in [-0.25, -0.2) is 8.42 Å². The maximum Gasteiger partial charge on any atom is 1.00 e. The van der Waals surface area contributed by atoms with Gasteiger partial charge >= 0.3 is 59.1 Å². The van der Waals surface area contributed by atoms with Crippen molar-refractivity contribution in [3.05, 3.63) is 48.5 Å². The van der Waals surface area contributed by atoms with Gasteiger partial charge in [0.1, 0.15) is 11.5 Å². The summed E-state index contributed by atoms with van der Waals surface area (Å²) in [6.07, 6.45) is 0. The molecule has 0 bridgehead atoms. The molecule has 88 valence electrons. The first kappa shape index (κ1) is 19.0. The van der Waals surface area contributed by atoms with Crippen molar-refractivity contribution in [2.24, 2.45) is 0 Å². The molecule has 0 heterocycles. The zero-order valence-electron chi connectivity index (χ0n) is 10.7. The Morgan fingerprint density at radius 2 is 0.895 bits per heavy atom. The molecule has 0 aromatic heterocycles.